The first kappa shape index (κ1) is 23.1. The van der Waals surface area contributed by atoms with Gasteiger partial charge in [-0.15, -0.1) is 0 Å². The normalized spacial score (nSPS) is 15.3. The molecule has 0 radical (unpaired) electrons. The van der Waals surface area contributed by atoms with Gasteiger partial charge in [-0.25, -0.2) is 4.89 Å². The zero-order valence-electron chi connectivity index (χ0n) is 14.8. The van der Waals surface area contributed by atoms with Crippen LogP contribution in [0.4, 0.5) is 0 Å². The molecule has 0 aromatic heterocycles. The maximum Gasteiger partial charge on any atom is 0.303 e. The first-order valence-electron chi connectivity index (χ1n) is 8.61. The van der Waals surface area contributed by atoms with Crippen molar-refractivity contribution in [3.05, 3.63) is 60.8 Å². The Labute approximate surface area is 150 Å². The molecule has 5 nitrogen and oxygen atoms in total. The Balaban J connectivity index is 3.86. The summed E-state index contributed by atoms with van der Waals surface area (Å²) in [4.78, 5) is 14.7. The second-order valence-corrected chi connectivity index (χ2v) is 5.47. The monoisotopic (exact) mass is 350 g/mol. The molecule has 2 unspecified atom stereocenters. The van der Waals surface area contributed by atoms with Crippen LogP contribution in [0.15, 0.2) is 60.8 Å². The number of hydrogen-bond donors (Lipinski definition) is 3. The number of hydrogen-bond acceptors (Lipinski definition) is 4. The number of carboxylic acid groups (broad SMARTS) is 1. The van der Waals surface area contributed by atoms with Crippen molar-refractivity contribution in [2.24, 2.45) is 0 Å². The molecular formula is C20H30O5. The summed E-state index contributed by atoms with van der Waals surface area (Å²) in [6, 6.07) is 0. The highest BCUT2D eigenvalue weighted by molar-refractivity contribution is 5.66. The van der Waals surface area contributed by atoms with Gasteiger partial charge in [-0.05, 0) is 32.1 Å². The number of carboxylic acids is 1. The molecule has 25 heavy (non-hydrogen) atoms. The summed E-state index contributed by atoms with van der Waals surface area (Å²) in [5.74, 6) is -0.850. The van der Waals surface area contributed by atoms with Crippen LogP contribution in [0.1, 0.15) is 45.4 Å². The minimum atomic E-state index is -0.850. The quantitative estimate of drug-likeness (QED) is 0.187. The van der Waals surface area contributed by atoms with E-state index < -0.39 is 12.1 Å². The van der Waals surface area contributed by atoms with Crippen LogP contribution in [0.25, 0.3) is 0 Å². The molecule has 0 aliphatic rings. The van der Waals surface area contributed by atoms with E-state index in [1.807, 2.05) is 43.4 Å². The lowest BCUT2D eigenvalue weighted by Gasteiger charge is -2.06. The lowest BCUT2D eigenvalue weighted by Crippen LogP contribution is -2.08. The van der Waals surface area contributed by atoms with Gasteiger partial charge in [-0.3, -0.25) is 10.1 Å². The number of allylic oxidation sites excluding steroid dienone is 8. The molecule has 0 saturated carbocycles. The molecule has 0 aromatic carbocycles. The van der Waals surface area contributed by atoms with Gasteiger partial charge in [0.15, 0.2) is 0 Å². The standard InChI is InChI=1S/C20H30O5/c1-2-18(21)14-11-9-7-5-3-4-6-8-10-12-15-19(25-24)16-13-17-20(22)23/h3-4,7-12,14-15,18-19,21,24H,2,5-6,13,16-17H2,1H3,(H,22,23). The summed E-state index contributed by atoms with van der Waals surface area (Å²) in [5.41, 5.74) is 0. The molecular weight excluding hydrogens is 320 g/mol. The molecule has 3 N–H and O–H groups in total. The van der Waals surface area contributed by atoms with Crippen molar-refractivity contribution in [2.75, 3.05) is 0 Å². The zero-order chi connectivity index (χ0) is 18.8. The molecule has 0 aliphatic carbocycles. The summed E-state index contributed by atoms with van der Waals surface area (Å²) < 4.78 is 0. The van der Waals surface area contributed by atoms with Gasteiger partial charge in [0.05, 0.1) is 6.10 Å². The molecule has 0 fully saturated rings. The van der Waals surface area contributed by atoms with Crippen LogP contribution in [0.2, 0.25) is 0 Å². The largest absolute Gasteiger partial charge is 0.481 e. The molecule has 0 heterocycles. The third kappa shape index (κ3) is 16.7. The highest BCUT2D eigenvalue weighted by Gasteiger charge is 2.05. The fourth-order valence-electron chi connectivity index (χ4n) is 1.82. The van der Waals surface area contributed by atoms with Crippen LogP contribution in [0.5, 0.6) is 0 Å². The fourth-order valence-corrected chi connectivity index (χ4v) is 1.82. The topological polar surface area (TPSA) is 87.0 Å². The average molecular weight is 350 g/mol. The van der Waals surface area contributed by atoms with Crippen LogP contribution >= 0.6 is 0 Å². The second-order valence-electron chi connectivity index (χ2n) is 5.47. The lowest BCUT2D eigenvalue weighted by atomic mass is 10.1. The van der Waals surface area contributed by atoms with Crippen molar-refractivity contribution in [2.45, 2.75) is 57.7 Å². The van der Waals surface area contributed by atoms with E-state index in [9.17, 15) is 9.90 Å². The summed E-state index contributed by atoms with van der Waals surface area (Å²) in [7, 11) is 0. The average Bonchev–Trinajstić information content (AvgIpc) is 2.60. The summed E-state index contributed by atoms with van der Waals surface area (Å²) in [6.07, 6.45) is 21.4. The second kappa shape index (κ2) is 16.9. The third-order valence-corrected chi connectivity index (χ3v) is 3.30. The van der Waals surface area contributed by atoms with E-state index in [0.29, 0.717) is 12.8 Å². The predicted molar refractivity (Wildman–Crippen MR) is 100 cm³/mol. The van der Waals surface area contributed by atoms with Crippen LogP contribution in [0.3, 0.4) is 0 Å². The highest BCUT2D eigenvalue weighted by atomic mass is 17.1. The van der Waals surface area contributed by atoms with Gasteiger partial charge >= 0.3 is 5.97 Å². The summed E-state index contributed by atoms with van der Waals surface area (Å²) in [6.45, 7) is 1.93. The van der Waals surface area contributed by atoms with E-state index in [1.54, 1.807) is 18.2 Å². The van der Waals surface area contributed by atoms with Crippen LogP contribution in [-0.4, -0.2) is 33.6 Å². The van der Waals surface area contributed by atoms with E-state index in [1.165, 1.54) is 0 Å². The highest BCUT2D eigenvalue weighted by Crippen LogP contribution is 2.06. The van der Waals surface area contributed by atoms with Crippen LogP contribution in [-0.2, 0) is 9.68 Å². The summed E-state index contributed by atoms with van der Waals surface area (Å²) >= 11 is 0. The smallest absolute Gasteiger partial charge is 0.303 e. The zero-order valence-corrected chi connectivity index (χ0v) is 14.8. The number of carbonyl (C=O) groups is 1. The Morgan fingerprint density at radius 1 is 1.00 bits per heavy atom. The van der Waals surface area contributed by atoms with E-state index in [0.717, 1.165) is 19.3 Å². The van der Waals surface area contributed by atoms with E-state index in [-0.39, 0.29) is 12.5 Å². The molecule has 140 valence electrons. The first-order chi connectivity index (χ1) is 12.1. The third-order valence-electron chi connectivity index (χ3n) is 3.30. The molecule has 0 aliphatic heterocycles. The first-order valence-corrected chi connectivity index (χ1v) is 8.61. The minimum absolute atomic E-state index is 0.0672. The Hall–Kier alpha value is -1.95. The molecule has 2 atom stereocenters. The van der Waals surface area contributed by atoms with E-state index in [2.05, 4.69) is 11.0 Å². The molecule has 0 saturated heterocycles. The molecule has 0 bridgehead atoms. The fraction of sp³-hybridized carbons (Fsp3) is 0.450. The van der Waals surface area contributed by atoms with Gasteiger partial charge in [0.25, 0.3) is 0 Å². The van der Waals surface area contributed by atoms with Crippen molar-refractivity contribution >= 4 is 5.97 Å². The maximum atomic E-state index is 10.4. The van der Waals surface area contributed by atoms with E-state index in [4.69, 9.17) is 10.4 Å². The van der Waals surface area contributed by atoms with Crippen molar-refractivity contribution in [1.29, 1.82) is 0 Å². The Morgan fingerprint density at radius 2 is 1.60 bits per heavy atom. The Morgan fingerprint density at radius 3 is 2.12 bits per heavy atom. The van der Waals surface area contributed by atoms with E-state index >= 15 is 0 Å². The maximum absolute atomic E-state index is 10.4. The van der Waals surface area contributed by atoms with Gasteiger partial charge in [-0.1, -0.05) is 67.7 Å². The SMILES string of the molecule is CCC(O)C=CC=CCC=CCC=CC=CC(CCCC(=O)O)OO. The minimum Gasteiger partial charge on any atom is -0.481 e. The van der Waals surface area contributed by atoms with Crippen LogP contribution < -0.4 is 0 Å². The van der Waals surface area contributed by atoms with Crippen LogP contribution in [0, 0.1) is 0 Å². The molecule has 0 spiro atoms. The van der Waals surface area contributed by atoms with Gasteiger partial charge in [0.2, 0.25) is 0 Å². The van der Waals surface area contributed by atoms with Crippen molar-refractivity contribution in [3.8, 4) is 0 Å². The van der Waals surface area contributed by atoms with Crippen molar-refractivity contribution < 1.29 is 25.2 Å². The predicted octanol–water partition coefficient (Wildman–Crippen LogP) is 4.43. The lowest BCUT2D eigenvalue weighted by molar-refractivity contribution is -0.267. The molecule has 0 aromatic rings. The molecule has 5 heteroatoms. The van der Waals surface area contributed by atoms with Gasteiger partial charge < -0.3 is 10.2 Å². The Bertz CT molecular complexity index is 474. The van der Waals surface area contributed by atoms with Gasteiger partial charge in [0, 0.05) is 6.42 Å². The van der Waals surface area contributed by atoms with Gasteiger partial charge in [-0.2, -0.15) is 0 Å². The molecule has 0 rings (SSSR count). The number of aliphatic hydroxyl groups excluding tert-OH is 1. The van der Waals surface area contributed by atoms with Crippen molar-refractivity contribution in [3.63, 3.8) is 0 Å². The molecule has 0 amide bonds. The van der Waals surface area contributed by atoms with Gasteiger partial charge in [0.1, 0.15) is 6.10 Å². The number of rotatable bonds is 14. The van der Waals surface area contributed by atoms with Crippen molar-refractivity contribution in [1.82, 2.24) is 0 Å². The number of aliphatic hydroxyl groups is 1. The Kier molecular flexibility index (Phi) is 15.6. The summed E-state index contributed by atoms with van der Waals surface area (Å²) in [5, 5.41) is 26.6. The number of aliphatic carboxylic acids is 1.